The lowest BCUT2D eigenvalue weighted by atomic mass is 9.95. The van der Waals surface area contributed by atoms with Gasteiger partial charge in [0.05, 0.1) is 5.41 Å². The molecule has 0 spiro atoms. The number of carbonyl (C=O) groups excluding carboxylic acids is 1. The van der Waals surface area contributed by atoms with Crippen molar-refractivity contribution in [2.75, 3.05) is 5.32 Å². The van der Waals surface area contributed by atoms with Gasteiger partial charge >= 0.3 is 0 Å². The van der Waals surface area contributed by atoms with Crippen LogP contribution in [0, 0.1) is 5.82 Å². The summed E-state index contributed by atoms with van der Waals surface area (Å²) in [6.45, 7) is 0. The molecule has 1 saturated carbocycles. The zero-order valence-electron chi connectivity index (χ0n) is 13.3. The maximum atomic E-state index is 13.1. The highest BCUT2D eigenvalue weighted by atomic mass is 35.5. The lowest BCUT2D eigenvalue weighted by molar-refractivity contribution is -0.105. The molecular weight excluding hydrogens is 380 g/mol. The minimum Gasteiger partial charge on any atom is -0.338 e. The maximum absolute atomic E-state index is 13.1. The van der Waals surface area contributed by atoms with E-state index in [1.54, 1.807) is 24.3 Å². The molecule has 1 aliphatic rings. The Labute approximate surface area is 158 Å². The summed E-state index contributed by atoms with van der Waals surface area (Å²) in [5, 5.41) is 7.36. The van der Waals surface area contributed by atoms with Crippen LogP contribution in [-0.4, -0.2) is 16.6 Å². The summed E-state index contributed by atoms with van der Waals surface area (Å²) in [6.07, 6.45) is 2.08. The van der Waals surface area contributed by atoms with Crippen molar-refractivity contribution < 1.29 is 13.7 Å². The Morgan fingerprint density at radius 3 is 2.38 bits per heavy atom. The zero-order valence-corrected chi connectivity index (χ0v) is 14.8. The number of nitrogens with one attached hydrogen (secondary N) is 1. The Morgan fingerprint density at radius 1 is 1.15 bits per heavy atom. The third-order valence-corrected chi connectivity index (χ3v) is 5.03. The molecule has 1 aliphatic carbocycles. The van der Waals surface area contributed by atoms with E-state index in [1.165, 1.54) is 12.1 Å². The van der Waals surface area contributed by atoms with Gasteiger partial charge in [0.1, 0.15) is 5.82 Å². The first kappa shape index (κ1) is 17.0. The topological polar surface area (TPSA) is 68.0 Å². The number of anilines is 1. The van der Waals surface area contributed by atoms with Crippen LogP contribution in [0.2, 0.25) is 10.0 Å². The molecule has 0 aliphatic heterocycles. The molecule has 4 rings (SSSR count). The van der Waals surface area contributed by atoms with E-state index in [-0.39, 0.29) is 5.82 Å². The Kier molecular flexibility index (Phi) is 4.17. The van der Waals surface area contributed by atoms with Crippen molar-refractivity contribution >= 4 is 35.3 Å². The minimum atomic E-state index is -0.543. The average Bonchev–Trinajstić information content (AvgIpc) is 3.23. The lowest BCUT2D eigenvalue weighted by Gasteiger charge is -2.16. The van der Waals surface area contributed by atoms with Crippen molar-refractivity contribution in [1.82, 2.24) is 10.1 Å². The fourth-order valence-corrected chi connectivity index (χ4v) is 3.86. The predicted octanol–water partition coefficient (Wildman–Crippen LogP) is 4.83. The fourth-order valence-electron chi connectivity index (χ4n) is 3.01. The smallest absolute Gasteiger partial charge is 0.237 e. The first-order chi connectivity index (χ1) is 12.5. The van der Waals surface area contributed by atoms with Crippen LogP contribution in [-0.2, 0) is 10.2 Å². The third-order valence-electron chi connectivity index (χ3n) is 4.43. The van der Waals surface area contributed by atoms with Gasteiger partial charge in [0.15, 0.2) is 0 Å². The highest BCUT2D eigenvalue weighted by Crippen LogP contribution is 2.57. The normalized spacial score (nSPS) is 14.9. The van der Waals surface area contributed by atoms with Crippen molar-refractivity contribution in [3.8, 4) is 11.4 Å². The first-order valence-corrected chi connectivity index (χ1v) is 8.59. The molecule has 0 saturated heterocycles. The molecule has 1 aromatic heterocycles. The number of hydrogen-bond donors (Lipinski definition) is 1. The summed E-state index contributed by atoms with van der Waals surface area (Å²) in [4.78, 5) is 15.1. The van der Waals surface area contributed by atoms with Crippen molar-refractivity contribution in [2.24, 2.45) is 0 Å². The molecule has 0 unspecified atom stereocenters. The van der Waals surface area contributed by atoms with Crippen LogP contribution in [0.5, 0.6) is 0 Å². The second-order valence-electron chi connectivity index (χ2n) is 6.09. The van der Waals surface area contributed by atoms with Gasteiger partial charge in [0, 0.05) is 26.9 Å². The summed E-state index contributed by atoms with van der Waals surface area (Å²) in [5.41, 5.74) is 1.32. The van der Waals surface area contributed by atoms with Crippen molar-refractivity contribution in [2.45, 2.75) is 18.3 Å². The zero-order chi connectivity index (χ0) is 18.3. The molecule has 132 valence electrons. The molecule has 0 radical (unpaired) electrons. The molecule has 26 heavy (non-hydrogen) atoms. The largest absolute Gasteiger partial charge is 0.338 e. The Balaban J connectivity index is 1.72. The number of amides is 1. The standard InChI is InChI=1S/C18H12Cl2FN3O2/c19-13-7-12(22-9-25)8-14(20)15(13)18(5-6-18)17-23-16(24-26-17)10-1-3-11(21)4-2-10/h1-4,7-9H,5-6H2,(H,22,25). The van der Waals surface area contributed by atoms with Crippen LogP contribution in [0.15, 0.2) is 40.9 Å². The van der Waals surface area contributed by atoms with Gasteiger partial charge in [0.25, 0.3) is 0 Å². The van der Waals surface area contributed by atoms with Gasteiger partial charge in [-0.3, -0.25) is 4.79 Å². The fraction of sp³-hybridized carbons (Fsp3) is 0.167. The molecule has 0 atom stereocenters. The lowest BCUT2D eigenvalue weighted by Crippen LogP contribution is -2.11. The number of carbonyl (C=O) groups is 1. The van der Waals surface area contributed by atoms with Gasteiger partial charge < -0.3 is 9.84 Å². The summed E-state index contributed by atoms with van der Waals surface area (Å²) in [6, 6.07) is 9.12. The molecule has 2 aromatic carbocycles. The molecule has 5 nitrogen and oxygen atoms in total. The van der Waals surface area contributed by atoms with Crippen LogP contribution in [0.3, 0.4) is 0 Å². The van der Waals surface area contributed by atoms with Gasteiger partial charge in [0.2, 0.25) is 18.1 Å². The quantitative estimate of drug-likeness (QED) is 0.632. The molecule has 1 heterocycles. The number of halogens is 3. The molecule has 0 bridgehead atoms. The highest BCUT2D eigenvalue weighted by molar-refractivity contribution is 6.37. The van der Waals surface area contributed by atoms with E-state index in [1.807, 2.05) is 0 Å². The highest BCUT2D eigenvalue weighted by Gasteiger charge is 2.53. The van der Waals surface area contributed by atoms with E-state index in [0.717, 1.165) is 12.8 Å². The summed E-state index contributed by atoms with van der Waals surface area (Å²) >= 11 is 12.8. The van der Waals surface area contributed by atoms with Crippen LogP contribution in [0.25, 0.3) is 11.4 Å². The first-order valence-electron chi connectivity index (χ1n) is 7.83. The van der Waals surface area contributed by atoms with E-state index >= 15 is 0 Å². The monoisotopic (exact) mass is 391 g/mol. The predicted molar refractivity (Wildman–Crippen MR) is 95.9 cm³/mol. The van der Waals surface area contributed by atoms with E-state index in [9.17, 15) is 9.18 Å². The van der Waals surface area contributed by atoms with Crippen LogP contribution >= 0.6 is 23.2 Å². The molecule has 1 amide bonds. The molecule has 1 N–H and O–H groups in total. The minimum absolute atomic E-state index is 0.335. The Hall–Kier alpha value is -2.44. The number of rotatable bonds is 5. The molecule has 1 fully saturated rings. The van der Waals surface area contributed by atoms with Gasteiger partial charge in [-0.1, -0.05) is 28.4 Å². The van der Waals surface area contributed by atoms with Crippen LogP contribution in [0.1, 0.15) is 24.3 Å². The average molecular weight is 392 g/mol. The van der Waals surface area contributed by atoms with E-state index in [4.69, 9.17) is 27.7 Å². The second kappa shape index (κ2) is 6.37. The summed E-state index contributed by atoms with van der Waals surface area (Å²) < 4.78 is 18.6. The van der Waals surface area contributed by atoms with E-state index < -0.39 is 5.41 Å². The van der Waals surface area contributed by atoms with Crippen molar-refractivity contribution in [3.63, 3.8) is 0 Å². The summed E-state index contributed by atoms with van der Waals surface area (Å²) in [7, 11) is 0. The number of hydrogen-bond acceptors (Lipinski definition) is 4. The molecular formula is C18H12Cl2FN3O2. The maximum Gasteiger partial charge on any atom is 0.237 e. The van der Waals surface area contributed by atoms with E-state index in [0.29, 0.717) is 45.0 Å². The van der Waals surface area contributed by atoms with Crippen molar-refractivity contribution in [1.29, 1.82) is 0 Å². The van der Waals surface area contributed by atoms with Crippen molar-refractivity contribution in [3.05, 3.63) is 63.7 Å². The van der Waals surface area contributed by atoms with Gasteiger partial charge in [-0.15, -0.1) is 0 Å². The second-order valence-corrected chi connectivity index (χ2v) is 6.90. The number of benzene rings is 2. The number of aromatic nitrogens is 2. The molecule has 3 aromatic rings. The Morgan fingerprint density at radius 2 is 1.81 bits per heavy atom. The van der Waals surface area contributed by atoms with Gasteiger partial charge in [-0.25, -0.2) is 4.39 Å². The number of nitrogens with zero attached hydrogens (tertiary/aromatic N) is 2. The van der Waals surface area contributed by atoms with E-state index in [2.05, 4.69) is 15.5 Å². The van der Waals surface area contributed by atoms with Crippen LogP contribution in [0.4, 0.5) is 10.1 Å². The van der Waals surface area contributed by atoms with Crippen LogP contribution < -0.4 is 5.32 Å². The Bertz CT molecular complexity index is 961. The SMILES string of the molecule is O=CNc1cc(Cl)c(C2(c3nc(-c4ccc(F)cc4)no3)CC2)c(Cl)c1. The third kappa shape index (κ3) is 2.85. The molecule has 8 heteroatoms. The summed E-state index contributed by atoms with van der Waals surface area (Å²) in [5.74, 6) is 0.452. The van der Waals surface area contributed by atoms with Gasteiger partial charge in [-0.2, -0.15) is 4.98 Å². The van der Waals surface area contributed by atoms with Gasteiger partial charge in [-0.05, 0) is 49.2 Å².